The van der Waals surface area contributed by atoms with Gasteiger partial charge >= 0.3 is 7.82 Å². The van der Waals surface area contributed by atoms with E-state index in [-0.39, 0.29) is 5.75 Å². The molecule has 0 radical (unpaired) electrons. The lowest BCUT2D eigenvalue weighted by molar-refractivity contribution is -0.107. The zero-order chi connectivity index (χ0) is 12.2. The van der Waals surface area contributed by atoms with E-state index >= 15 is 0 Å². The highest BCUT2D eigenvalue weighted by molar-refractivity contribution is 7.48. The number of methoxy groups -OCH3 is 1. The minimum Gasteiger partial charge on any atom is -0.497 e. The van der Waals surface area contributed by atoms with Gasteiger partial charge in [0.15, 0.2) is 11.6 Å². The Morgan fingerprint density at radius 3 is 2.31 bits per heavy atom. The molecule has 16 heavy (non-hydrogen) atoms. The summed E-state index contributed by atoms with van der Waals surface area (Å²) in [4.78, 5) is 0. The van der Waals surface area contributed by atoms with Crippen molar-refractivity contribution in [2.45, 2.75) is 0 Å². The van der Waals surface area contributed by atoms with Gasteiger partial charge in [0.1, 0.15) is 5.75 Å². The first-order valence-corrected chi connectivity index (χ1v) is 5.24. The molecule has 1 aromatic carbocycles. The SMILES string of the molecule is COc1ccc(OP(=O)(OF)OF)c(F)c1. The number of hydrogen-bond donors (Lipinski definition) is 0. The predicted octanol–water partition coefficient (Wildman–Crippen LogP) is 3.12. The van der Waals surface area contributed by atoms with Gasteiger partial charge in [-0.05, 0) is 21.2 Å². The topological polar surface area (TPSA) is 54.0 Å². The molecule has 0 unspecified atom stereocenters. The maximum absolute atomic E-state index is 13.2. The van der Waals surface area contributed by atoms with E-state index in [0.717, 1.165) is 12.1 Å². The fourth-order valence-electron chi connectivity index (χ4n) is 0.842. The van der Waals surface area contributed by atoms with Crippen LogP contribution in [0.15, 0.2) is 18.2 Å². The Kier molecular flexibility index (Phi) is 4.17. The zero-order valence-corrected chi connectivity index (χ0v) is 8.75. The highest BCUT2D eigenvalue weighted by Gasteiger charge is 2.33. The average molecular weight is 258 g/mol. The van der Waals surface area contributed by atoms with E-state index in [2.05, 4.69) is 18.7 Å². The van der Waals surface area contributed by atoms with Crippen LogP contribution < -0.4 is 9.26 Å². The second kappa shape index (κ2) is 5.20. The van der Waals surface area contributed by atoms with Gasteiger partial charge in [0, 0.05) is 6.07 Å². The lowest BCUT2D eigenvalue weighted by Gasteiger charge is -2.10. The largest absolute Gasteiger partial charge is 0.593 e. The molecule has 0 aliphatic heterocycles. The van der Waals surface area contributed by atoms with Crippen molar-refractivity contribution in [2.75, 3.05) is 7.11 Å². The minimum atomic E-state index is -5.07. The summed E-state index contributed by atoms with van der Waals surface area (Å²) in [6.07, 6.45) is 0. The summed E-state index contributed by atoms with van der Waals surface area (Å²) in [7, 11) is -3.78. The predicted molar refractivity (Wildman–Crippen MR) is 45.6 cm³/mol. The van der Waals surface area contributed by atoms with Gasteiger partial charge in [-0.3, -0.25) is 0 Å². The van der Waals surface area contributed by atoms with Crippen LogP contribution in [-0.4, -0.2) is 7.11 Å². The van der Waals surface area contributed by atoms with Crippen molar-refractivity contribution >= 4 is 7.82 Å². The molecule has 90 valence electrons. The van der Waals surface area contributed by atoms with Crippen LogP contribution in [-0.2, 0) is 14.0 Å². The first-order valence-electron chi connectivity index (χ1n) is 3.78. The highest BCUT2D eigenvalue weighted by atomic mass is 31.2. The quantitative estimate of drug-likeness (QED) is 0.759. The Balaban J connectivity index is 2.94. The van der Waals surface area contributed by atoms with Crippen molar-refractivity contribution in [1.82, 2.24) is 0 Å². The maximum Gasteiger partial charge on any atom is 0.593 e. The van der Waals surface area contributed by atoms with Crippen molar-refractivity contribution in [2.24, 2.45) is 0 Å². The molecule has 0 fully saturated rings. The van der Waals surface area contributed by atoms with Gasteiger partial charge in [0.2, 0.25) is 0 Å². The van der Waals surface area contributed by atoms with Crippen LogP contribution in [0.2, 0.25) is 0 Å². The van der Waals surface area contributed by atoms with E-state index in [0.29, 0.717) is 0 Å². The standard InChI is InChI=1S/C7H6F3O5P/c1-12-5-2-3-7(6(8)4-5)13-16(11,14-9)15-10/h2-4H,1H3. The molecule has 0 bridgehead atoms. The van der Waals surface area contributed by atoms with E-state index in [1.54, 1.807) is 0 Å². The summed E-state index contributed by atoms with van der Waals surface area (Å²) in [5.41, 5.74) is 0. The van der Waals surface area contributed by atoms with Gasteiger partial charge in [0.05, 0.1) is 7.11 Å². The van der Waals surface area contributed by atoms with Crippen LogP contribution in [0.4, 0.5) is 13.4 Å². The Morgan fingerprint density at radius 2 is 1.88 bits per heavy atom. The fraction of sp³-hybridized carbons (Fsp3) is 0.143. The third-order valence-electron chi connectivity index (χ3n) is 1.52. The van der Waals surface area contributed by atoms with Gasteiger partial charge < -0.3 is 9.26 Å². The smallest absolute Gasteiger partial charge is 0.497 e. The van der Waals surface area contributed by atoms with Gasteiger partial charge in [-0.25, -0.2) is 8.96 Å². The van der Waals surface area contributed by atoms with E-state index < -0.39 is 19.4 Å². The van der Waals surface area contributed by atoms with Crippen LogP contribution >= 0.6 is 7.82 Å². The number of ether oxygens (including phenoxy) is 1. The number of halogens is 3. The number of hydrogen-bond acceptors (Lipinski definition) is 5. The number of benzene rings is 1. The monoisotopic (exact) mass is 258 g/mol. The molecule has 0 heterocycles. The highest BCUT2D eigenvalue weighted by Crippen LogP contribution is 2.50. The molecule has 0 N–H and O–H groups in total. The molecule has 0 spiro atoms. The van der Waals surface area contributed by atoms with Crippen LogP contribution in [0.25, 0.3) is 0 Å². The first kappa shape index (κ1) is 12.8. The molecule has 1 rings (SSSR count). The number of rotatable bonds is 5. The molecule has 0 atom stereocenters. The summed E-state index contributed by atoms with van der Waals surface area (Å²) in [5, 5.41) is 0. The van der Waals surface area contributed by atoms with Gasteiger partial charge in [-0.2, -0.15) is 0 Å². The molecule has 0 aliphatic carbocycles. The Bertz CT molecular complexity index is 405. The molecular formula is C7H6F3O5P. The van der Waals surface area contributed by atoms with Crippen LogP contribution in [0, 0.1) is 5.82 Å². The second-order valence-corrected chi connectivity index (χ2v) is 3.83. The molecule has 9 heteroatoms. The zero-order valence-electron chi connectivity index (χ0n) is 7.85. The summed E-state index contributed by atoms with van der Waals surface area (Å²) in [6, 6.07) is 3.02. The first-order chi connectivity index (χ1) is 7.54. The third-order valence-corrected chi connectivity index (χ3v) is 2.28. The van der Waals surface area contributed by atoms with E-state index in [4.69, 9.17) is 0 Å². The summed E-state index contributed by atoms with van der Waals surface area (Å²) in [6.45, 7) is 0. The Hall–Kier alpha value is -1.24. The molecule has 1 aromatic rings. The molecular weight excluding hydrogens is 252 g/mol. The van der Waals surface area contributed by atoms with Gasteiger partial charge in [-0.15, -0.1) is 0 Å². The minimum absolute atomic E-state index is 0.141. The van der Waals surface area contributed by atoms with Crippen LogP contribution in [0.5, 0.6) is 11.5 Å². The lowest BCUT2D eigenvalue weighted by Crippen LogP contribution is -1.96. The molecule has 0 aliphatic rings. The van der Waals surface area contributed by atoms with E-state index in [1.807, 2.05) is 0 Å². The van der Waals surface area contributed by atoms with Crippen molar-refractivity contribution < 1.29 is 36.7 Å². The van der Waals surface area contributed by atoms with Crippen molar-refractivity contribution in [3.05, 3.63) is 24.0 Å². The summed E-state index contributed by atoms with van der Waals surface area (Å²) >= 11 is 0. The summed E-state index contributed by atoms with van der Waals surface area (Å²) in [5.74, 6) is -1.62. The molecule has 5 nitrogen and oxygen atoms in total. The van der Waals surface area contributed by atoms with Crippen molar-refractivity contribution in [3.63, 3.8) is 0 Å². The molecule has 0 saturated heterocycles. The molecule has 0 saturated carbocycles. The van der Waals surface area contributed by atoms with Crippen molar-refractivity contribution in [1.29, 1.82) is 0 Å². The van der Waals surface area contributed by atoms with E-state index in [9.17, 15) is 18.0 Å². The maximum atomic E-state index is 13.2. The van der Waals surface area contributed by atoms with Gasteiger partial charge in [0.25, 0.3) is 0 Å². The molecule has 0 amide bonds. The average Bonchev–Trinajstić information content (AvgIpc) is 2.31. The summed E-state index contributed by atoms with van der Waals surface area (Å²) < 4.78 is 61.2. The van der Waals surface area contributed by atoms with Crippen molar-refractivity contribution in [3.8, 4) is 11.5 Å². The Labute approximate surface area is 88.1 Å². The van der Waals surface area contributed by atoms with Gasteiger partial charge in [-0.1, -0.05) is 9.46 Å². The fourth-order valence-corrected chi connectivity index (χ4v) is 1.31. The normalized spacial score (nSPS) is 11.2. The van der Waals surface area contributed by atoms with Crippen LogP contribution in [0.3, 0.4) is 0 Å². The molecule has 0 aromatic heterocycles. The van der Waals surface area contributed by atoms with Crippen LogP contribution in [0.1, 0.15) is 0 Å². The van der Waals surface area contributed by atoms with E-state index in [1.165, 1.54) is 13.2 Å². The number of phosphoric acid groups is 1. The second-order valence-electron chi connectivity index (χ2n) is 2.47. The lowest BCUT2D eigenvalue weighted by atomic mass is 10.3. The Morgan fingerprint density at radius 1 is 1.25 bits per heavy atom. The third kappa shape index (κ3) is 2.88.